The van der Waals surface area contributed by atoms with Crippen molar-refractivity contribution in [2.45, 2.75) is 43.5 Å². The van der Waals surface area contributed by atoms with E-state index in [0.29, 0.717) is 16.0 Å². The van der Waals surface area contributed by atoms with Gasteiger partial charge in [0, 0.05) is 16.4 Å². The second-order valence-electron chi connectivity index (χ2n) is 4.84. The Balaban J connectivity index is 2.04. The molecule has 98 valence electrons. The van der Waals surface area contributed by atoms with E-state index in [1.54, 1.807) is 19.1 Å². The maximum absolute atomic E-state index is 13.4. The van der Waals surface area contributed by atoms with Gasteiger partial charge in [-0.25, -0.2) is 4.39 Å². The number of rotatable bonds is 2. The van der Waals surface area contributed by atoms with Gasteiger partial charge in [0.15, 0.2) is 0 Å². The molecule has 1 N–H and O–H groups in total. The van der Waals surface area contributed by atoms with Crippen molar-refractivity contribution in [3.63, 3.8) is 0 Å². The molecule has 0 aliphatic heterocycles. The molecule has 0 bridgehead atoms. The summed E-state index contributed by atoms with van der Waals surface area (Å²) in [6, 6.07) is 4.75. The van der Waals surface area contributed by atoms with Crippen LogP contribution in [0.2, 0.25) is 0 Å². The molecule has 1 fully saturated rings. The average Bonchev–Trinajstić information content (AvgIpc) is 2.35. The van der Waals surface area contributed by atoms with E-state index >= 15 is 0 Å². The van der Waals surface area contributed by atoms with Crippen molar-refractivity contribution in [2.75, 3.05) is 0 Å². The quantitative estimate of drug-likeness (QED) is 0.831. The van der Waals surface area contributed by atoms with Crippen LogP contribution in [0.1, 0.15) is 41.6 Å². The predicted octanol–water partition coefficient (Wildman–Crippen LogP) is 3.57. The molecule has 18 heavy (non-hydrogen) atoms. The zero-order chi connectivity index (χ0) is 13.1. The zero-order valence-electron chi connectivity index (χ0n) is 10.4. The maximum Gasteiger partial charge on any atom is 0.251 e. The smallest absolute Gasteiger partial charge is 0.251 e. The van der Waals surface area contributed by atoms with Gasteiger partial charge in [0.2, 0.25) is 0 Å². The van der Waals surface area contributed by atoms with Crippen molar-refractivity contribution in [3.05, 3.63) is 35.1 Å². The second-order valence-corrected chi connectivity index (χ2v) is 6.02. The number of carbonyl (C=O) groups is 1. The molecule has 2 unspecified atom stereocenters. The van der Waals surface area contributed by atoms with E-state index in [9.17, 15) is 9.18 Å². The number of aryl methyl sites for hydroxylation is 1. The minimum Gasteiger partial charge on any atom is -0.348 e. The third-order valence-corrected chi connectivity index (χ3v) is 4.53. The molecule has 0 saturated heterocycles. The van der Waals surface area contributed by atoms with Crippen LogP contribution < -0.4 is 5.32 Å². The van der Waals surface area contributed by atoms with E-state index in [1.165, 1.54) is 12.5 Å². The normalized spacial score (nSPS) is 23.7. The molecule has 0 radical (unpaired) electrons. The molecule has 2 rings (SSSR count). The van der Waals surface area contributed by atoms with Crippen LogP contribution in [-0.2, 0) is 0 Å². The molecule has 1 aliphatic rings. The fourth-order valence-electron chi connectivity index (χ4n) is 2.23. The number of halogens is 2. The first-order chi connectivity index (χ1) is 8.58. The van der Waals surface area contributed by atoms with Gasteiger partial charge >= 0.3 is 0 Å². The van der Waals surface area contributed by atoms with E-state index < -0.39 is 0 Å². The van der Waals surface area contributed by atoms with Crippen molar-refractivity contribution >= 4 is 21.8 Å². The highest BCUT2D eigenvalue weighted by Crippen LogP contribution is 2.24. The van der Waals surface area contributed by atoms with Crippen LogP contribution in [-0.4, -0.2) is 16.8 Å². The van der Waals surface area contributed by atoms with Gasteiger partial charge in [-0.3, -0.25) is 4.79 Å². The van der Waals surface area contributed by atoms with Crippen molar-refractivity contribution in [1.82, 2.24) is 5.32 Å². The molecular formula is C14H17BrFNO. The van der Waals surface area contributed by atoms with E-state index in [4.69, 9.17) is 0 Å². The number of alkyl halides is 1. The molecule has 1 aromatic carbocycles. The Morgan fingerprint density at radius 2 is 2.11 bits per heavy atom. The van der Waals surface area contributed by atoms with Crippen LogP contribution in [0.15, 0.2) is 18.2 Å². The van der Waals surface area contributed by atoms with Gasteiger partial charge in [0.05, 0.1) is 0 Å². The lowest BCUT2D eigenvalue weighted by atomic mass is 9.95. The summed E-state index contributed by atoms with van der Waals surface area (Å²) in [5.41, 5.74) is 0.950. The van der Waals surface area contributed by atoms with Crippen LogP contribution in [0.5, 0.6) is 0 Å². The number of hydrogen-bond acceptors (Lipinski definition) is 1. The van der Waals surface area contributed by atoms with Crippen LogP contribution in [0, 0.1) is 12.7 Å². The molecule has 1 amide bonds. The van der Waals surface area contributed by atoms with E-state index in [-0.39, 0.29) is 17.8 Å². The van der Waals surface area contributed by atoms with Gasteiger partial charge in [-0.1, -0.05) is 34.8 Å². The summed E-state index contributed by atoms with van der Waals surface area (Å²) in [5, 5.41) is 2.98. The summed E-state index contributed by atoms with van der Waals surface area (Å²) < 4.78 is 13.4. The molecule has 1 aliphatic carbocycles. The van der Waals surface area contributed by atoms with Crippen molar-refractivity contribution < 1.29 is 9.18 Å². The SMILES string of the molecule is Cc1ccc(C(=O)NC2CCCCC2Br)cc1F. The summed E-state index contributed by atoms with van der Waals surface area (Å²) in [4.78, 5) is 12.3. The summed E-state index contributed by atoms with van der Waals surface area (Å²) in [6.07, 6.45) is 4.39. The lowest BCUT2D eigenvalue weighted by Crippen LogP contribution is -2.42. The highest BCUT2D eigenvalue weighted by molar-refractivity contribution is 9.09. The van der Waals surface area contributed by atoms with Crippen LogP contribution in [0.25, 0.3) is 0 Å². The molecule has 0 heterocycles. The molecule has 2 nitrogen and oxygen atoms in total. The summed E-state index contributed by atoms with van der Waals surface area (Å²) in [7, 11) is 0. The van der Waals surface area contributed by atoms with Crippen molar-refractivity contribution in [1.29, 1.82) is 0 Å². The Morgan fingerprint density at radius 3 is 2.78 bits per heavy atom. The van der Waals surface area contributed by atoms with Gasteiger partial charge in [0.25, 0.3) is 5.91 Å². The van der Waals surface area contributed by atoms with Crippen LogP contribution >= 0.6 is 15.9 Å². The van der Waals surface area contributed by atoms with Crippen LogP contribution in [0.4, 0.5) is 4.39 Å². The Kier molecular flexibility index (Phi) is 4.38. The average molecular weight is 314 g/mol. The molecule has 0 aromatic heterocycles. The third-order valence-electron chi connectivity index (χ3n) is 3.43. The number of hydrogen-bond donors (Lipinski definition) is 1. The monoisotopic (exact) mass is 313 g/mol. The minimum atomic E-state index is -0.332. The molecule has 2 atom stereocenters. The minimum absolute atomic E-state index is 0.149. The zero-order valence-corrected chi connectivity index (χ0v) is 12.0. The first-order valence-electron chi connectivity index (χ1n) is 6.29. The Hall–Kier alpha value is -0.900. The molecular weight excluding hydrogens is 297 g/mol. The molecule has 1 aromatic rings. The Morgan fingerprint density at radius 1 is 1.39 bits per heavy atom. The van der Waals surface area contributed by atoms with Gasteiger partial charge in [-0.2, -0.15) is 0 Å². The Labute approximate surface area is 115 Å². The highest BCUT2D eigenvalue weighted by atomic mass is 79.9. The summed E-state index contributed by atoms with van der Waals surface area (Å²) in [5.74, 6) is -0.521. The van der Waals surface area contributed by atoms with E-state index in [0.717, 1.165) is 19.3 Å². The van der Waals surface area contributed by atoms with Crippen molar-refractivity contribution in [2.24, 2.45) is 0 Å². The van der Waals surface area contributed by atoms with Crippen molar-refractivity contribution in [3.8, 4) is 0 Å². The van der Waals surface area contributed by atoms with E-state index in [2.05, 4.69) is 21.2 Å². The second kappa shape index (κ2) is 5.83. The van der Waals surface area contributed by atoms with Gasteiger partial charge < -0.3 is 5.32 Å². The summed E-state index contributed by atoms with van der Waals surface area (Å²) >= 11 is 3.59. The third kappa shape index (κ3) is 3.10. The van der Waals surface area contributed by atoms with Gasteiger partial charge in [-0.15, -0.1) is 0 Å². The number of benzene rings is 1. The highest BCUT2D eigenvalue weighted by Gasteiger charge is 2.24. The van der Waals surface area contributed by atoms with Gasteiger partial charge in [-0.05, 0) is 37.5 Å². The van der Waals surface area contributed by atoms with Crippen LogP contribution in [0.3, 0.4) is 0 Å². The molecule has 0 spiro atoms. The standard InChI is InChI=1S/C14H17BrFNO/c1-9-6-7-10(8-12(9)16)14(18)17-13-5-3-2-4-11(13)15/h6-8,11,13H,2-5H2,1H3,(H,17,18). The fourth-order valence-corrected chi connectivity index (χ4v) is 2.95. The lowest BCUT2D eigenvalue weighted by molar-refractivity contribution is 0.0929. The maximum atomic E-state index is 13.4. The Bertz CT molecular complexity index is 449. The predicted molar refractivity (Wildman–Crippen MR) is 73.6 cm³/mol. The van der Waals surface area contributed by atoms with E-state index in [1.807, 2.05) is 0 Å². The first kappa shape index (κ1) is 13.5. The number of nitrogens with one attached hydrogen (secondary N) is 1. The number of carbonyl (C=O) groups excluding carboxylic acids is 1. The first-order valence-corrected chi connectivity index (χ1v) is 7.20. The fraction of sp³-hybridized carbons (Fsp3) is 0.500. The lowest BCUT2D eigenvalue weighted by Gasteiger charge is -2.28. The molecule has 4 heteroatoms. The molecule has 1 saturated carbocycles. The largest absolute Gasteiger partial charge is 0.348 e. The van der Waals surface area contributed by atoms with Gasteiger partial charge in [0.1, 0.15) is 5.82 Å². The topological polar surface area (TPSA) is 29.1 Å². The number of amides is 1. The summed E-state index contributed by atoms with van der Waals surface area (Å²) in [6.45, 7) is 1.69.